The third kappa shape index (κ3) is 12.8. The van der Waals surface area contributed by atoms with Crippen molar-refractivity contribution in [2.75, 3.05) is 28.9 Å². The van der Waals surface area contributed by atoms with E-state index in [4.69, 9.17) is 37.9 Å². The SMILES string of the molecule is O=S(=O)(O)CNc1ccc2c(O)c(N=Nc3cc(Nc4nc(Cl)nc(Cl)n4)ccc3S(=O)(=O)O)c(SOOO)cc2c1N=Nc1ccc(S(=O)(=O)CCOSOOO)cc1. The monoisotopic (exact) mass is 971 g/mol. The lowest BCUT2D eigenvalue weighted by Gasteiger charge is -2.14. The van der Waals surface area contributed by atoms with Crippen LogP contribution in [-0.2, 0) is 53.0 Å². The van der Waals surface area contributed by atoms with Crippen molar-refractivity contribution in [2.45, 2.75) is 14.7 Å². The zero-order valence-electron chi connectivity index (χ0n) is 29.0. The number of phenols is 1. The van der Waals surface area contributed by atoms with Crippen molar-refractivity contribution in [3.05, 3.63) is 71.2 Å². The predicted octanol–water partition coefficient (Wildman–Crippen LogP) is 7.32. The Morgan fingerprint density at radius 2 is 1.45 bits per heavy atom. The Morgan fingerprint density at radius 3 is 2.10 bits per heavy atom. The van der Waals surface area contributed by atoms with Gasteiger partial charge in [0.15, 0.2) is 27.9 Å². The minimum absolute atomic E-state index is 0.00767. The van der Waals surface area contributed by atoms with E-state index in [1.807, 2.05) is 0 Å². The Kier molecular flexibility index (Phi) is 15.8. The van der Waals surface area contributed by atoms with E-state index in [2.05, 4.69) is 64.8 Å². The van der Waals surface area contributed by atoms with Gasteiger partial charge in [0.25, 0.3) is 20.2 Å². The van der Waals surface area contributed by atoms with Gasteiger partial charge in [-0.15, -0.1) is 24.0 Å². The molecule has 25 nitrogen and oxygen atoms in total. The van der Waals surface area contributed by atoms with Crippen LogP contribution in [0.4, 0.5) is 40.1 Å². The molecule has 0 fully saturated rings. The minimum Gasteiger partial charge on any atom is -0.505 e. The number of aromatic nitrogens is 3. The molecule has 7 N–H and O–H groups in total. The molecule has 5 rings (SSSR count). The molecule has 320 valence electrons. The Morgan fingerprint density at radius 1 is 0.767 bits per heavy atom. The average Bonchev–Trinajstić information content (AvgIpc) is 3.17. The number of sulfone groups is 1. The molecule has 0 amide bonds. The smallest absolute Gasteiger partial charge is 0.296 e. The van der Waals surface area contributed by atoms with Crippen LogP contribution >= 0.6 is 47.6 Å². The molecule has 0 radical (unpaired) electrons. The molecule has 0 saturated heterocycles. The molecular formula is C28H23Cl2N9O16S5. The van der Waals surface area contributed by atoms with E-state index in [-0.39, 0.29) is 90.8 Å². The normalized spacial score (nSPS) is 12.5. The summed E-state index contributed by atoms with van der Waals surface area (Å²) in [6.45, 7) is -0.338. The van der Waals surface area contributed by atoms with Crippen LogP contribution in [0.1, 0.15) is 0 Å². The summed E-state index contributed by atoms with van der Waals surface area (Å²) >= 11 is 12.1. The highest BCUT2D eigenvalue weighted by Gasteiger charge is 2.22. The van der Waals surface area contributed by atoms with Crippen LogP contribution in [-0.4, -0.2) is 83.2 Å². The van der Waals surface area contributed by atoms with Crippen LogP contribution in [0.5, 0.6) is 5.75 Å². The lowest BCUT2D eigenvalue weighted by Crippen LogP contribution is -2.13. The number of rotatable bonds is 20. The largest absolute Gasteiger partial charge is 0.505 e. The third-order valence-corrected chi connectivity index (χ3v) is 11.6. The number of hydrogen-bond acceptors (Lipinski definition) is 25. The summed E-state index contributed by atoms with van der Waals surface area (Å²) in [6, 6.07) is 12.0. The molecule has 0 spiro atoms. The van der Waals surface area contributed by atoms with E-state index in [1.54, 1.807) is 0 Å². The number of nitrogens with zero attached hydrogens (tertiary/aromatic N) is 7. The van der Waals surface area contributed by atoms with Gasteiger partial charge < -0.3 is 15.7 Å². The second kappa shape index (κ2) is 20.4. The molecule has 0 bridgehead atoms. The molecule has 0 aliphatic rings. The van der Waals surface area contributed by atoms with Crippen molar-refractivity contribution in [3.8, 4) is 5.75 Å². The molecule has 0 aliphatic heterocycles. The Labute approximate surface area is 355 Å². The second-order valence-electron chi connectivity index (χ2n) is 11.0. The summed E-state index contributed by atoms with van der Waals surface area (Å²) in [4.78, 5) is 10.2. The number of aromatic hydroxyl groups is 1. The molecule has 0 saturated carbocycles. The van der Waals surface area contributed by atoms with Crippen LogP contribution in [0.25, 0.3) is 10.8 Å². The van der Waals surface area contributed by atoms with Gasteiger partial charge in [0.05, 0.1) is 45.6 Å². The molecule has 60 heavy (non-hydrogen) atoms. The molecule has 5 aromatic rings. The van der Waals surface area contributed by atoms with Gasteiger partial charge in [-0.1, -0.05) is 10.1 Å². The number of hydrogen-bond donors (Lipinski definition) is 7. The summed E-state index contributed by atoms with van der Waals surface area (Å²) in [5.41, 5.74) is -0.989. The molecule has 1 aromatic heterocycles. The highest BCUT2D eigenvalue weighted by Crippen LogP contribution is 2.48. The van der Waals surface area contributed by atoms with Gasteiger partial charge in [-0.3, -0.25) is 13.3 Å². The average molecular weight is 973 g/mol. The topological polar surface area (TPSA) is 362 Å². The van der Waals surface area contributed by atoms with Gasteiger partial charge in [0.2, 0.25) is 16.5 Å². The van der Waals surface area contributed by atoms with E-state index in [0.717, 1.165) is 12.1 Å². The van der Waals surface area contributed by atoms with Crippen LogP contribution in [0.3, 0.4) is 0 Å². The molecule has 32 heteroatoms. The van der Waals surface area contributed by atoms with Crippen molar-refractivity contribution in [1.82, 2.24) is 15.0 Å². The molecular weight excluding hydrogens is 950 g/mol. The van der Waals surface area contributed by atoms with Gasteiger partial charge in [-0.05, 0) is 83.9 Å². The van der Waals surface area contributed by atoms with Crippen LogP contribution in [0, 0.1) is 0 Å². The number of phenolic OH excluding ortho intramolecular Hbond substituents is 1. The standard InChI is InChI=1S/C28H23Cl2N9O16S5/c29-26-33-27(30)35-28(34-26)32-15-3-8-22(60(48,49)50)20(11-15)37-39-24-21(56-54-52-41)12-18-17(25(24)40)6-7-19(31-13-59(45,46)47)23(18)38-36-14-1-4-16(5-2-14)58(43,44)10-9-51-57-55-53-42/h1-8,11-12,31,40-42H,9-10,13H2,(H,45,46,47)(H,48,49,50)(H,32,33,34,35). The zero-order valence-corrected chi connectivity index (χ0v) is 34.6. The second-order valence-corrected chi connectivity index (χ2v) is 17.9. The van der Waals surface area contributed by atoms with Gasteiger partial charge in [0.1, 0.15) is 27.8 Å². The fraction of sp³-hybridized carbons (Fsp3) is 0.107. The molecule has 1 heterocycles. The fourth-order valence-electron chi connectivity index (χ4n) is 4.70. The maximum Gasteiger partial charge on any atom is 0.296 e. The van der Waals surface area contributed by atoms with Gasteiger partial charge >= 0.3 is 0 Å². The minimum atomic E-state index is -4.93. The Balaban J connectivity index is 1.57. The lowest BCUT2D eigenvalue weighted by atomic mass is 10.1. The van der Waals surface area contributed by atoms with Crippen LogP contribution in [0.2, 0.25) is 10.6 Å². The summed E-state index contributed by atoms with van der Waals surface area (Å²) < 4.78 is 106. The molecule has 0 aliphatic carbocycles. The summed E-state index contributed by atoms with van der Waals surface area (Å²) in [7, 11) is -13.4. The first-order valence-electron chi connectivity index (χ1n) is 15.4. The van der Waals surface area contributed by atoms with Crippen molar-refractivity contribution in [1.29, 1.82) is 0 Å². The van der Waals surface area contributed by atoms with Gasteiger partial charge in [-0.2, -0.15) is 36.9 Å². The molecule has 0 atom stereocenters. The van der Waals surface area contributed by atoms with Crippen molar-refractivity contribution < 1.29 is 72.9 Å². The van der Waals surface area contributed by atoms with E-state index in [0.29, 0.717) is 0 Å². The maximum atomic E-state index is 12.7. The zero-order chi connectivity index (χ0) is 43.7. The first kappa shape index (κ1) is 46.6. The van der Waals surface area contributed by atoms with Gasteiger partial charge in [0, 0.05) is 16.5 Å². The number of anilines is 3. The molecule has 4 aromatic carbocycles. The van der Waals surface area contributed by atoms with Gasteiger partial charge in [-0.25, -0.2) is 18.9 Å². The number of azo groups is 2. The highest BCUT2D eigenvalue weighted by molar-refractivity contribution is 7.94. The maximum absolute atomic E-state index is 12.7. The van der Waals surface area contributed by atoms with Crippen molar-refractivity contribution in [2.24, 2.45) is 20.5 Å². The van der Waals surface area contributed by atoms with Crippen molar-refractivity contribution >= 4 is 128 Å². The summed E-state index contributed by atoms with van der Waals surface area (Å²) in [5, 5.41) is 56.4. The Bertz CT molecular complexity index is 2750. The lowest BCUT2D eigenvalue weighted by molar-refractivity contribution is -0.434. The number of nitrogens with one attached hydrogen (secondary N) is 2. The first-order chi connectivity index (χ1) is 28.4. The van der Waals surface area contributed by atoms with E-state index >= 15 is 0 Å². The number of fused-ring (bicyclic) bond motifs is 1. The van der Waals surface area contributed by atoms with Crippen LogP contribution < -0.4 is 10.6 Å². The molecule has 0 unspecified atom stereocenters. The highest BCUT2D eigenvalue weighted by atomic mass is 35.5. The van der Waals surface area contributed by atoms with E-state index in [9.17, 15) is 39.5 Å². The number of halogens is 2. The summed E-state index contributed by atoms with van der Waals surface area (Å²) in [5.74, 6) is -2.32. The summed E-state index contributed by atoms with van der Waals surface area (Å²) in [6.07, 6.45) is 0. The van der Waals surface area contributed by atoms with Crippen LogP contribution in [0.15, 0.2) is 95.8 Å². The quantitative estimate of drug-likeness (QED) is 0.0100. The van der Waals surface area contributed by atoms with Crippen molar-refractivity contribution in [3.63, 3.8) is 0 Å². The Hall–Kier alpha value is -4.48. The predicted molar refractivity (Wildman–Crippen MR) is 211 cm³/mol. The first-order valence-corrected chi connectivity index (χ1v) is 22.3. The fourth-order valence-corrected chi connectivity index (χ4v) is 7.90. The third-order valence-electron chi connectivity index (χ3n) is 7.14. The number of benzene rings is 4. The van der Waals surface area contributed by atoms with E-state index < -0.39 is 63.7 Å². The van der Waals surface area contributed by atoms with E-state index in [1.165, 1.54) is 48.5 Å².